The number of rotatable bonds is 1. The summed E-state index contributed by atoms with van der Waals surface area (Å²) in [6.45, 7) is 8.88. The van der Waals surface area contributed by atoms with E-state index in [9.17, 15) is 0 Å². The van der Waals surface area contributed by atoms with Crippen molar-refractivity contribution in [3.05, 3.63) is 0 Å². The lowest BCUT2D eigenvalue weighted by molar-refractivity contribution is 0.205. The Morgan fingerprint density at radius 1 is 1.00 bits per heavy atom. The van der Waals surface area contributed by atoms with Crippen molar-refractivity contribution in [3.8, 4) is 0 Å². The van der Waals surface area contributed by atoms with Crippen molar-refractivity contribution in [2.45, 2.75) is 70.9 Å². The molecule has 3 unspecified atom stereocenters. The van der Waals surface area contributed by atoms with Crippen LogP contribution in [0.5, 0.6) is 0 Å². The van der Waals surface area contributed by atoms with Gasteiger partial charge in [-0.25, -0.2) is 0 Å². The topological polar surface area (TPSA) is 15.3 Å². The molecule has 18 heavy (non-hydrogen) atoms. The van der Waals surface area contributed by atoms with Crippen LogP contribution in [0, 0.1) is 11.3 Å². The second-order valence-corrected chi connectivity index (χ2v) is 7.67. The van der Waals surface area contributed by atoms with Crippen LogP contribution in [-0.4, -0.2) is 36.6 Å². The molecular weight excluding hydrogens is 220 g/mol. The van der Waals surface area contributed by atoms with E-state index in [0.29, 0.717) is 5.41 Å². The molecule has 0 radical (unpaired) electrons. The van der Waals surface area contributed by atoms with Gasteiger partial charge in [0.2, 0.25) is 0 Å². The van der Waals surface area contributed by atoms with Gasteiger partial charge in [0.15, 0.2) is 0 Å². The summed E-state index contributed by atoms with van der Waals surface area (Å²) < 4.78 is 0. The van der Waals surface area contributed by atoms with E-state index < -0.39 is 0 Å². The highest BCUT2D eigenvalue weighted by molar-refractivity contribution is 4.95. The van der Waals surface area contributed by atoms with Gasteiger partial charge < -0.3 is 5.32 Å². The van der Waals surface area contributed by atoms with Crippen LogP contribution in [-0.2, 0) is 0 Å². The summed E-state index contributed by atoms with van der Waals surface area (Å²) in [4.78, 5) is 2.83. The van der Waals surface area contributed by atoms with Gasteiger partial charge in [-0.15, -0.1) is 0 Å². The third-order valence-electron chi connectivity index (χ3n) is 5.69. The molecule has 3 atom stereocenters. The third-order valence-corrected chi connectivity index (χ3v) is 5.69. The average molecular weight is 250 g/mol. The molecule has 2 heteroatoms. The molecule has 0 aromatic heterocycles. The number of likely N-dealkylation sites (tertiary alicyclic amines) is 1. The molecule has 2 aliphatic heterocycles. The van der Waals surface area contributed by atoms with Crippen molar-refractivity contribution in [2.75, 3.05) is 19.6 Å². The fourth-order valence-electron chi connectivity index (χ4n) is 4.39. The first-order valence-electron chi connectivity index (χ1n) is 8.11. The van der Waals surface area contributed by atoms with E-state index in [-0.39, 0.29) is 0 Å². The molecular formula is C16H30N2. The molecule has 3 rings (SSSR count). The van der Waals surface area contributed by atoms with Gasteiger partial charge in [-0.3, -0.25) is 4.90 Å². The standard InChI is InChI=1S/C16H30N2/c1-16(2)8-3-6-14(7-9-16)18-11-13-5-4-10-17-15(13)12-18/h13-15,17H,3-12H2,1-2H3. The van der Waals surface area contributed by atoms with Crippen LogP contribution < -0.4 is 5.32 Å². The Labute approximate surface area is 113 Å². The minimum Gasteiger partial charge on any atom is -0.312 e. The van der Waals surface area contributed by atoms with Gasteiger partial charge in [-0.2, -0.15) is 0 Å². The number of hydrogen-bond acceptors (Lipinski definition) is 2. The minimum atomic E-state index is 0.597. The van der Waals surface area contributed by atoms with Crippen molar-refractivity contribution in [1.29, 1.82) is 0 Å². The fraction of sp³-hybridized carbons (Fsp3) is 1.00. The van der Waals surface area contributed by atoms with Crippen molar-refractivity contribution in [3.63, 3.8) is 0 Å². The zero-order chi connectivity index (χ0) is 12.6. The molecule has 0 spiro atoms. The van der Waals surface area contributed by atoms with Crippen molar-refractivity contribution in [1.82, 2.24) is 10.2 Å². The van der Waals surface area contributed by atoms with Crippen LogP contribution in [0.1, 0.15) is 58.8 Å². The molecule has 1 aliphatic carbocycles. The fourth-order valence-corrected chi connectivity index (χ4v) is 4.39. The van der Waals surface area contributed by atoms with E-state index in [1.54, 1.807) is 0 Å². The predicted octanol–water partition coefficient (Wildman–Crippen LogP) is 3.03. The van der Waals surface area contributed by atoms with E-state index >= 15 is 0 Å². The Balaban J connectivity index is 1.58. The van der Waals surface area contributed by atoms with E-state index in [1.807, 2.05) is 0 Å². The van der Waals surface area contributed by atoms with E-state index in [2.05, 4.69) is 24.1 Å². The largest absolute Gasteiger partial charge is 0.312 e. The molecule has 3 aliphatic rings. The second kappa shape index (κ2) is 5.13. The maximum absolute atomic E-state index is 3.74. The smallest absolute Gasteiger partial charge is 0.0235 e. The molecule has 2 saturated heterocycles. The van der Waals surface area contributed by atoms with Crippen LogP contribution in [0.2, 0.25) is 0 Å². The minimum absolute atomic E-state index is 0.597. The highest BCUT2D eigenvalue weighted by Crippen LogP contribution is 2.37. The Morgan fingerprint density at radius 3 is 2.72 bits per heavy atom. The van der Waals surface area contributed by atoms with Crippen LogP contribution >= 0.6 is 0 Å². The van der Waals surface area contributed by atoms with Crippen LogP contribution in [0.15, 0.2) is 0 Å². The highest BCUT2D eigenvalue weighted by Gasteiger charge is 2.38. The van der Waals surface area contributed by atoms with Gasteiger partial charge >= 0.3 is 0 Å². The van der Waals surface area contributed by atoms with Crippen LogP contribution in [0.25, 0.3) is 0 Å². The van der Waals surface area contributed by atoms with Crippen molar-refractivity contribution < 1.29 is 0 Å². The molecule has 0 bridgehead atoms. The SMILES string of the molecule is CC1(C)CCCC(N2CC3CCCNC3C2)CC1. The third kappa shape index (κ3) is 2.75. The zero-order valence-electron chi connectivity index (χ0n) is 12.3. The highest BCUT2D eigenvalue weighted by atomic mass is 15.2. The molecule has 0 aromatic rings. The Morgan fingerprint density at radius 2 is 1.89 bits per heavy atom. The number of nitrogens with one attached hydrogen (secondary N) is 1. The first kappa shape index (κ1) is 12.9. The number of nitrogens with zero attached hydrogens (tertiary/aromatic N) is 1. The molecule has 0 aromatic carbocycles. The summed E-state index contributed by atoms with van der Waals surface area (Å²) in [5.41, 5.74) is 0.597. The molecule has 0 amide bonds. The van der Waals surface area contributed by atoms with Gasteiger partial charge in [0.1, 0.15) is 0 Å². The summed E-state index contributed by atoms with van der Waals surface area (Å²) in [5, 5.41) is 3.74. The Kier molecular flexibility index (Phi) is 3.68. The quantitative estimate of drug-likeness (QED) is 0.720. The lowest BCUT2D eigenvalue weighted by Crippen LogP contribution is -2.41. The Bertz CT molecular complexity index is 273. The van der Waals surface area contributed by atoms with Crippen molar-refractivity contribution >= 4 is 0 Å². The first-order valence-corrected chi connectivity index (χ1v) is 8.11. The lowest BCUT2D eigenvalue weighted by atomic mass is 9.85. The molecule has 104 valence electrons. The van der Waals surface area contributed by atoms with Gasteiger partial charge in [-0.1, -0.05) is 20.3 Å². The summed E-state index contributed by atoms with van der Waals surface area (Å²) in [6, 6.07) is 1.70. The monoisotopic (exact) mass is 250 g/mol. The number of piperidine rings is 1. The first-order chi connectivity index (χ1) is 8.64. The van der Waals surface area contributed by atoms with Gasteiger partial charge in [-0.05, 0) is 56.4 Å². The molecule has 2 heterocycles. The number of hydrogen-bond donors (Lipinski definition) is 1. The van der Waals surface area contributed by atoms with Gasteiger partial charge in [0.25, 0.3) is 0 Å². The Hall–Kier alpha value is -0.0800. The molecule has 1 saturated carbocycles. The maximum Gasteiger partial charge on any atom is 0.0235 e. The van der Waals surface area contributed by atoms with E-state index in [0.717, 1.165) is 18.0 Å². The zero-order valence-corrected chi connectivity index (χ0v) is 12.3. The molecule has 1 N–H and O–H groups in total. The normalized spacial score (nSPS) is 41.3. The summed E-state index contributed by atoms with van der Waals surface area (Å²) >= 11 is 0. The van der Waals surface area contributed by atoms with Crippen LogP contribution in [0.3, 0.4) is 0 Å². The van der Waals surface area contributed by atoms with Gasteiger partial charge in [0, 0.05) is 25.2 Å². The summed E-state index contributed by atoms with van der Waals surface area (Å²) in [6.07, 6.45) is 10.0. The van der Waals surface area contributed by atoms with E-state index in [4.69, 9.17) is 0 Å². The van der Waals surface area contributed by atoms with Gasteiger partial charge in [0.05, 0.1) is 0 Å². The number of fused-ring (bicyclic) bond motifs is 1. The second-order valence-electron chi connectivity index (χ2n) is 7.67. The van der Waals surface area contributed by atoms with Crippen molar-refractivity contribution in [2.24, 2.45) is 11.3 Å². The van der Waals surface area contributed by atoms with E-state index in [1.165, 1.54) is 64.6 Å². The summed E-state index contributed by atoms with van der Waals surface area (Å²) in [7, 11) is 0. The predicted molar refractivity (Wildman–Crippen MR) is 76.7 cm³/mol. The lowest BCUT2D eigenvalue weighted by Gasteiger charge is -2.27. The van der Waals surface area contributed by atoms with Crippen LogP contribution in [0.4, 0.5) is 0 Å². The molecule has 2 nitrogen and oxygen atoms in total. The molecule has 3 fully saturated rings. The summed E-state index contributed by atoms with van der Waals surface area (Å²) in [5.74, 6) is 0.954. The maximum atomic E-state index is 3.74. The average Bonchev–Trinajstić information content (AvgIpc) is 2.68.